The molecule has 0 radical (unpaired) electrons. The zero-order valence-electron chi connectivity index (χ0n) is 25.1. The van der Waals surface area contributed by atoms with E-state index in [1.165, 1.54) is 0 Å². The van der Waals surface area contributed by atoms with E-state index in [1.54, 1.807) is 93.6 Å². The summed E-state index contributed by atoms with van der Waals surface area (Å²) in [7, 11) is -3.76. The summed E-state index contributed by atoms with van der Waals surface area (Å²) in [6.07, 6.45) is 0.703. The number of aliphatic carboxylic acids is 1. The van der Waals surface area contributed by atoms with Crippen molar-refractivity contribution in [2.24, 2.45) is 0 Å². The van der Waals surface area contributed by atoms with Gasteiger partial charge in [-0.05, 0) is 99.7 Å². The predicted octanol–water partition coefficient (Wildman–Crippen LogP) is 4.80. The fourth-order valence-corrected chi connectivity index (χ4v) is 6.68. The van der Waals surface area contributed by atoms with Crippen LogP contribution in [0.5, 0.6) is 0 Å². The van der Waals surface area contributed by atoms with Gasteiger partial charge in [0.05, 0.1) is 9.79 Å². The Balaban J connectivity index is 1.39. The van der Waals surface area contributed by atoms with Gasteiger partial charge in [0.15, 0.2) is 0 Å². The lowest BCUT2D eigenvalue weighted by Crippen LogP contribution is -2.46. The van der Waals surface area contributed by atoms with Gasteiger partial charge in [0.2, 0.25) is 9.84 Å². The van der Waals surface area contributed by atoms with Crippen molar-refractivity contribution in [3.8, 4) is 0 Å². The summed E-state index contributed by atoms with van der Waals surface area (Å²) in [5.74, 6) is -1.43. The first-order valence-electron chi connectivity index (χ1n) is 14.5. The average molecular weight is 643 g/mol. The molecule has 0 bridgehead atoms. The van der Waals surface area contributed by atoms with Crippen molar-refractivity contribution in [3.63, 3.8) is 0 Å². The Morgan fingerprint density at radius 3 is 2.20 bits per heavy atom. The van der Waals surface area contributed by atoms with Crippen LogP contribution >= 0.6 is 11.6 Å². The number of sulfone groups is 1. The Kier molecular flexibility index (Phi) is 10.9. The van der Waals surface area contributed by atoms with E-state index in [0.717, 1.165) is 17.5 Å². The largest absolute Gasteiger partial charge is 0.480 e. The summed E-state index contributed by atoms with van der Waals surface area (Å²) in [4.78, 5) is 26.6. The number of rotatable bonds is 12. The highest BCUT2D eigenvalue weighted by Crippen LogP contribution is 2.25. The summed E-state index contributed by atoms with van der Waals surface area (Å²) in [5, 5.41) is 23.9. The Bertz CT molecular complexity index is 1550. The van der Waals surface area contributed by atoms with E-state index in [2.05, 4.69) is 5.32 Å². The summed E-state index contributed by atoms with van der Waals surface area (Å²) >= 11 is 6.09. The molecule has 3 aromatic carbocycles. The molecular weight excluding hydrogens is 604 g/mol. The monoisotopic (exact) mass is 642 g/mol. The van der Waals surface area contributed by atoms with Crippen LogP contribution < -0.4 is 5.32 Å². The number of carboxylic acid groups (broad SMARTS) is 1. The highest BCUT2D eigenvalue weighted by atomic mass is 35.5. The van der Waals surface area contributed by atoms with Crippen molar-refractivity contribution in [2.45, 2.75) is 80.2 Å². The van der Waals surface area contributed by atoms with Crippen LogP contribution in [-0.2, 0) is 37.1 Å². The van der Waals surface area contributed by atoms with Crippen LogP contribution in [0.3, 0.4) is 0 Å². The maximum atomic E-state index is 13.3. The molecule has 0 spiro atoms. The second kappa shape index (κ2) is 14.2. The fourth-order valence-electron chi connectivity index (χ4n) is 5.22. The minimum Gasteiger partial charge on any atom is -0.480 e. The molecule has 1 unspecified atom stereocenters. The molecule has 44 heavy (non-hydrogen) atoms. The highest BCUT2D eigenvalue weighted by Gasteiger charge is 2.32. The number of carboxylic acids is 1. The second-order valence-corrected chi connectivity index (χ2v) is 14.4. The second-order valence-electron chi connectivity index (χ2n) is 12.0. The van der Waals surface area contributed by atoms with Crippen LogP contribution in [-0.4, -0.2) is 66.2 Å². The number of likely N-dealkylation sites (tertiary alicyclic amines) is 1. The third kappa shape index (κ3) is 8.67. The van der Waals surface area contributed by atoms with Crippen molar-refractivity contribution in [3.05, 3.63) is 94.5 Å². The first-order valence-corrected chi connectivity index (χ1v) is 16.4. The number of ether oxygens (including phenoxy) is 1. The summed E-state index contributed by atoms with van der Waals surface area (Å²) in [6.45, 7) is 6.72. The molecule has 1 fully saturated rings. The van der Waals surface area contributed by atoms with Crippen LogP contribution in [0.15, 0.2) is 82.6 Å². The molecule has 0 aliphatic carbocycles. The molecule has 1 aliphatic heterocycles. The Morgan fingerprint density at radius 2 is 1.64 bits per heavy atom. The van der Waals surface area contributed by atoms with Crippen LogP contribution in [0.4, 0.5) is 0 Å². The molecule has 0 saturated carbocycles. The van der Waals surface area contributed by atoms with Crippen molar-refractivity contribution in [1.29, 1.82) is 0 Å². The zero-order valence-corrected chi connectivity index (χ0v) is 26.6. The van der Waals surface area contributed by atoms with Gasteiger partial charge < -0.3 is 20.3 Å². The lowest BCUT2D eigenvalue weighted by molar-refractivity contribution is -0.160. The number of benzene rings is 3. The number of nitrogens with zero attached hydrogens (tertiary/aromatic N) is 1. The van der Waals surface area contributed by atoms with Crippen molar-refractivity contribution < 1.29 is 33.0 Å². The topological polar surface area (TPSA) is 133 Å². The first-order chi connectivity index (χ1) is 20.7. The number of carbonyl (C=O) groups is 2. The third-order valence-electron chi connectivity index (χ3n) is 7.45. The molecule has 0 amide bonds. The molecule has 1 aliphatic rings. The molecule has 3 aromatic rings. The molecule has 0 aromatic heterocycles. The number of aliphatic hydroxyl groups excluding tert-OH is 1. The Labute approximate surface area is 263 Å². The normalized spacial score (nSPS) is 17.2. The Hall–Kier alpha value is -3.28. The first kappa shape index (κ1) is 33.6. The summed E-state index contributed by atoms with van der Waals surface area (Å²) < 4.78 is 32.1. The Morgan fingerprint density at radius 1 is 1.02 bits per heavy atom. The van der Waals surface area contributed by atoms with Crippen LogP contribution in [0.2, 0.25) is 5.02 Å². The van der Waals surface area contributed by atoms with Gasteiger partial charge in [-0.25, -0.2) is 8.42 Å². The molecule has 4 rings (SSSR count). The van der Waals surface area contributed by atoms with E-state index >= 15 is 0 Å². The van der Waals surface area contributed by atoms with Gasteiger partial charge in [-0.1, -0.05) is 48.0 Å². The molecule has 9 nitrogen and oxygen atoms in total. The van der Waals surface area contributed by atoms with Gasteiger partial charge in [-0.2, -0.15) is 0 Å². The van der Waals surface area contributed by atoms with E-state index in [4.69, 9.17) is 16.3 Å². The maximum absolute atomic E-state index is 13.3. The number of hydrogen-bond donors (Lipinski definition) is 3. The number of nitrogens with one attached hydrogen (secondary N) is 1. The van der Waals surface area contributed by atoms with Crippen LogP contribution in [0.1, 0.15) is 56.4 Å². The number of halogens is 1. The molecule has 3 N–H and O–H groups in total. The SMILES string of the molecule is CC(C)(C)OC(=O)C(NCCc1ccc(S(=O)(=O)c2ccc(CN3CCC[C@H]3C(=O)O)cc2)cc1)[C@H](O)c1cccc(Cl)c1. The zero-order chi connectivity index (χ0) is 32.1. The standard InChI is InChI=1S/C33H39ClN2O7S/c1-33(2,3)43-32(40)29(30(37)24-6-4-7-25(34)20-24)35-18-17-22-9-13-26(14-10-22)44(41,42)27-15-11-23(12-16-27)21-36-19-5-8-28(36)31(38)39/h4,6-7,9-16,20,28-30,35,37H,5,8,17-19,21H2,1-3H3,(H,38,39)/t28-,29?,30+/m0/s1. The van der Waals surface area contributed by atoms with Crippen LogP contribution in [0, 0.1) is 0 Å². The highest BCUT2D eigenvalue weighted by molar-refractivity contribution is 7.91. The minimum atomic E-state index is -3.76. The lowest BCUT2D eigenvalue weighted by Gasteiger charge is -2.27. The molecular formula is C33H39ClN2O7S. The van der Waals surface area contributed by atoms with E-state index in [0.29, 0.717) is 43.1 Å². The lowest BCUT2D eigenvalue weighted by atomic mass is 10.0. The quantitative estimate of drug-likeness (QED) is 0.238. The van der Waals surface area contributed by atoms with Gasteiger partial charge in [-0.3, -0.25) is 14.5 Å². The molecule has 3 atom stereocenters. The third-order valence-corrected chi connectivity index (χ3v) is 9.47. The van der Waals surface area contributed by atoms with Crippen molar-refractivity contribution in [2.75, 3.05) is 13.1 Å². The average Bonchev–Trinajstić information content (AvgIpc) is 3.43. The van der Waals surface area contributed by atoms with Gasteiger partial charge in [0.1, 0.15) is 23.8 Å². The number of hydrogen-bond acceptors (Lipinski definition) is 8. The smallest absolute Gasteiger partial charge is 0.326 e. The minimum absolute atomic E-state index is 0.149. The van der Waals surface area contributed by atoms with E-state index in [9.17, 15) is 28.2 Å². The van der Waals surface area contributed by atoms with E-state index < -0.39 is 45.6 Å². The molecule has 236 valence electrons. The number of esters is 1. The van der Waals surface area contributed by atoms with Crippen LogP contribution in [0.25, 0.3) is 0 Å². The predicted molar refractivity (Wildman–Crippen MR) is 167 cm³/mol. The number of aliphatic hydroxyl groups is 1. The van der Waals surface area contributed by atoms with Gasteiger partial charge >= 0.3 is 11.9 Å². The van der Waals surface area contributed by atoms with Gasteiger partial charge in [0, 0.05) is 18.1 Å². The van der Waals surface area contributed by atoms with E-state index in [-0.39, 0.29) is 9.79 Å². The van der Waals surface area contributed by atoms with Crippen molar-refractivity contribution in [1.82, 2.24) is 10.2 Å². The number of carbonyl (C=O) groups excluding carboxylic acids is 1. The van der Waals surface area contributed by atoms with Gasteiger partial charge in [-0.15, -0.1) is 0 Å². The van der Waals surface area contributed by atoms with E-state index in [1.807, 2.05) is 4.90 Å². The maximum Gasteiger partial charge on any atom is 0.326 e. The summed E-state index contributed by atoms with van der Waals surface area (Å²) in [5.41, 5.74) is 1.42. The van der Waals surface area contributed by atoms with Gasteiger partial charge in [0.25, 0.3) is 0 Å². The molecule has 1 heterocycles. The molecule has 1 saturated heterocycles. The summed E-state index contributed by atoms with van der Waals surface area (Å²) in [6, 6.07) is 18.2. The fraction of sp³-hybridized carbons (Fsp3) is 0.394. The molecule has 11 heteroatoms. The van der Waals surface area contributed by atoms with Crippen molar-refractivity contribution >= 4 is 33.4 Å².